The van der Waals surface area contributed by atoms with Crippen LogP contribution in [-0.4, -0.2) is 27.7 Å². The first-order chi connectivity index (χ1) is 10.5. The minimum atomic E-state index is -2.53. The van der Waals surface area contributed by atoms with Crippen molar-refractivity contribution in [3.63, 3.8) is 0 Å². The van der Waals surface area contributed by atoms with Crippen LogP contribution in [0.5, 0.6) is 0 Å². The average Bonchev–Trinajstić information content (AvgIpc) is 3.08. The lowest BCUT2D eigenvalue weighted by atomic mass is 9.93. The summed E-state index contributed by atoms with van der Waals surface area (Å²) in [7, 11) is 0. The number of hydrogen-bond donors (Lipinski definition) is 0. The monoisotopic (exact) mass is 323 g/mol. The normalized spacial score (nSPS) is 22.6. The van der Waals surface area contributed by atoms with Crippen LogP contribution in [0.4, 0.5) is 8.78 Å². The molecule has 1 aromatic carbocycles. The summed E-state index contributed by atoms with van der Waals surface area (Å²) in [5.41, 5.74) is 2.71. The molecule has 1 fully saturated rings. The Morgan fingerprint density at radius 1 is 1.32 bits per heavy atom. The number of nitrogens with zero attached hydrogens (tertiary/aromatic N) is 3. The van der Waals surface area contributed by atoms with E-state index in [0.29, 0.717) is 23.5 Å². The van der Waals surface area contributed by atoms with E-state index in [1.165, 1.54) is 11.1 Å². The predicted octanol–water partition coefficient (Wildman–Crippen LogP) is 4.16. The van der Waals surface area contributed by atoms with Gasteiger partial charge in [-0.05, 0) is 37.3 Å². The Hall–Kier alpha value is -1.40. The molecule has 22 heavy (non-hydrogen) atoms. The molecule has 1 aliphatic rings. The number of alkyl halides is 2. The van der Waals surface area contributed by atoms with Crippen LogP contribution in [0, 0.1) is 6.92 Å². The van der Waals surface area contributed by atoms with Crippen molar-refractivity contribution in [2.24, 2.45) is 0 Å². The lowest BCUT2D eigenvalue weighted by Crippen LogP contribution is -2.26. The fraction of sp³-hybridized carbons (Fsp3) is 0.500. The third-order valence-electron chi connectivity index (χ3n) is 4.34. The molecule has 0 bridgehead atoms. The van der Waals surface area contributed by atoms with E-state index in [-0.39, 0.29) is 5.01 Å². The van der Waals surface area contributed by atoms with Crippen molar-refractivity contribution in [3.05, 3.63) is 45.4 Å². The highest BCUT2D eigenvalue weighted by molar-refractivity contribution is 7.11. The number of halogens is 2. The van der Waals surface area contributed by atoms with Gasteiger partial charge in [0.25, 0.3) is 6.43 Å². The van der Waals surface area contributed by atoms with Gasteiger partial charge in [0.1, 0.15) is 5.01 Å². The van der Waals surface area contributed by atoms with Crippen LogP contribution < -0.4 is 0 Å². The first-order valence-corrected chi connectivity index (χ1v) is 8.26. The number of likely N-dealkylation sites (tertiary alicyclic amines) is 1. The van der Waals surface area contributed by atoms with E-state index >= 15 is 0 Å². The van der Waals surface area contributed by atoms with Gasteiger partial charge in [0.15, 0.2) is 5.01 Å². The molecule has 2 aromatic rings. The first kappa shape index (κ1) is 15.5. The van der Waals surface area contributed by atoms with E-state index < -0.39 is 6.43 Å². The molecule has 1 aliphatic heterocycles. The minimum Gasteiger partial charge on any atom is -0.293 e. The Morgan fingerprint density at radius 3 is 2.77 bits per heavy atom. The summed E-state index contributed by atoms with van der Waals surface area (Å²) in [6.07, 6.45) is -1.44. The number of aryl methyl sites for hydroxylation is 1. The maximum absolute atomic E-state index is 12.6. The molecule has 1 saturated heterocycles. The average molecular weight is 323 g/mol. The van der Waals surface area contributed by atoms with E-state index in [2.05, 4.69) is 53.2 Å². The van der Waals surface area contributed by atoms with Crippen molar-refractivity contribution >= 4 is 11.3 Å². The highest BCUT2D eigenvalue weighted by Gasteiger charge is 2.31. The molecule has 0 saturated carbocycles. The topological polar surface area (TPSA) is 29.0 Å². The second-order valence-electron chi connectivity index (χ2n) is 5.90. The van der Waals surface area contributed by atoms with Crippen LogP contribution in [0.2, 0.25) is 0 Å². The fourth-order valence-corrected chi connectivity index (χ4v) is 3.91. The summed E-state index contributed by atoms with van der Waals surface area (Å²) in [6.45, 7) is 5.87. The number of rotatable bonds is 4. The van der Waals surface area contributed by atoms with E-state index in [1.54, 1.807) is 0 Å². The molecule has 6 heteroatoms. The molecule has 0 amide bonds. The van der Waals surface area contributed by atoms with Crippen LogP contribution in [0.25, 0.3) is 0 Å². The molecule has 118 valence electrons. The van der Waals surface area contributed by atoms with Gasteiger partial charge >= 0.3 is 0 Å². The van der Waals surface area contributed by atoms with E-state index in [0.717, 1.165) is 24.3 Å². The van der Waals surface area contributed by atoms with Crippen LogP contribution in [0.15, 0.2) is 24.3 Å². The Kier molecular flexibility index (Phi) is 4.49. The largest absolute Gasteiger partial charge is 0.293 e. The molecule has 0 N–H and O–H groups in total. The predicted molar refractivity (Wildman–Crippen MR) is 83.3 cm³/mol. The minimum absolute atomic E-state index is 0.183. The van der Waals surface area contributed by atoms with Gasteiger partial charge in [-0.3, -0.25) is 4.90 Å². The van der Waals surface area contributed by atoms with Crippen LogP contribution in [0.1, 0.15) is 46.8 Å². The highest BCUT2D eigenvalue weighted by atomic mass is 32.1. The molecular weight excluding hydrogens is 304 g/mol. The van der Waals surface area contributed by atoms with Crippen molar-refractivity contribution in [2.45, 2.75) is 45.2 Å². The zero-order valence-electron chi connectivity index (χ0n) is 12.7. The molecule has 2 atom stereocenters. The Labute approximate surface area is 133 Å². The molecular formula is C16H19F2N3S. The summed E-state index contributed by atoms with van der Waals surface area (Å²) >= 11 is 1.02. The van der Waals surface area contributed by atoms with Crippen molar-refractivity contribution in [1.82, 2.24) is 15.1 Å². The van der Waals surface area contributed by atoms with Crippen molar-refractivity contribution in [3.8, 4) is 0 Å². The van der Waals surface area contributed by atoms with Crippen molar-refractivity contribution in [1.29, 1.82) is 0 Å². The summed E-state index contributed by atoms with van der Waals surface area (Å²) in [4.78, 5) is 2.31. The summed E-state index contributed by atoms with van der Waals surface area (Å²) in [5.74, 6) is 0.499. The summed E-state index contributed by atoms with van der Waals surface area (Å²) in [5, 5.41) is 7.95. The molecule has 3 nitrogen and oxygen atoms in total. The number of hydrogen-bond acceptors (Lipinski definition) is 4. The third kappa shape index (κ3) is 3.17. The molecule has 2 unspecified atom stereocenters. The molecule has 0 radical (unpaired) electrons. The van der Waals surface area contributed by atoms with Crippen LogP contribution >= 0.6 is 11.3 Å². The zero-order chi connectivity index (χ0) is 15.7. The third-order valence-corrected chi connectivity index (χ3v) is 5.26. The molecule has 2 heterocycles. The molecule has 0 aliphatic carbocycles. The standard InChI is InChI=1S/C16H19F2N3S/c1-10-5-3-4-6-13(10)12-7-11(2)21(8-12)9-14-19-20-16(22-14)15(17)18/h3-6,11-12,15H,7-9H2,1-2H3. The summed E-state index contributed by atoms with van der Waals surface area (Å²) in [6, 6.07) is 8.89. The molecule has 1 aromatic heterocycles. The van der Waals surface area contributed by atoms with Gasteiger partial charge in [0.2, 0.25) is 0 Å². The van der Waals surface area contributed by atoms with Gasteiger partial charge in [0.05, 0.1) is 6.54 Å². The Balaban J connectivity index is 1.69. The molecule has 3 rings (SSSR count). The summed E-state index contributed by atoms with van der Waals surface area (Å²) < 4.78 is 25.2. The van der Waals surface area contributed by atoms with Gasteiger partial charge < -0.3 is 0 Å². The number of aromatic nitrogens is 2. The van der Waals surface area contributed by atoms with Crippen LogP contribution in [-0.2, 0) is 6.54 Å². The van der Waals surface area contributed by atoms with E-state index in [1.807, 2.05) is 0 Å². The SMILES string of the molecule is Cc1ccccc1C1CC(C)N(Cc2nnc(C(F)F)s2)C1. The highest BCUT2D eigenvalue weighted by Crippen LogP contribution is 2.34. The van der Waals surface area contributed by atoms with Gasteiger partial charge in [-0.15, -0.1) is 10.2 Å². The van der Waals surface area contributed by atoms with Gasteiger partial charge in [-0.25, -0.2) is 8.78 Å². The quantitative estimate of drug-likeness (QED) is 0.846. The zero-order valence-corrected chi connectivity index (χ0v) is 13.5. The number of benzene rings is 1. The van der Waals surface area contributed by atoms with Gasteiger partial charge in [0, 0.05) is 12.6 Å². The lowest BCUT2D eigenvalue weighted by Gasteiger charge is -2.19. The van der Waals surface area contributed by atoms with E-state index in [9.17, 15) is 8.78 Å². The van der Waals surface area contributed by atoms with E-state index in [4.69, 9.17) is 0 Å². The second kappa shape index (κ2) is 6.38. The lowest BCUT2D eigenvalue weighted by molar-refractivity contribution is 0.150. The first-order valence-electron chi connectivity index (χ1n) is 7.44. The van der Waals surface area contributed by atoms with Gasteiger partial charge in [-0.2, -0.15) is 0 Å². The van der Waals surface area contributed by atoms with Crippen LogP contribution in [0.3, 0.4) is 0 Å². The molecule has 0 spiro atoms. The van der Waals surface area contributed by atoms with Crippen molar-refractivity contribution < 1.29 is 8.78 Å². The maximum Gasteiger partial charge on any atom is 0.291 e. The maximum atomic E-state index is 12.6. The second-order valence-corrected chi connectivity index (χ2v) is 7.00. The Bertz CT molecular complexity index is 644. The Morgan fingerprint density at radius 2 is 2.09 bits per heavy atom. The fourth-order valence-electron chi connectivity index (χ4n) is 3.18. The smallest absolute Gasteiger partial charge is 0.291 e. The van der Waals surface area contributed by atoms with Crippen molar-refractivity contribution in [2.75, 3.05) is 6.54 Å². The van der Waals surface area contributed by atoms with Gasteiger partial charge in [-0.1, -0.05) is 35.6 Å².